The molecule has 0 N–H and O–H groups in total. The lowest BCUT2D eigenvalue weighted by atomic mass is 9.91. The molecule has 0 radical (unpaired) electrons. The molecule has 0 spiro atoms. The van der Waals surface area contributed by atoms with Crippen LogP contribution in [0.2, 0.25) is 0 Å². The number of nitrogens with zero attached hydrogens (tertiary/aromatic N) is 3. The van der Waals surface area contributed by atoms with Gasteiger partial charge in [-0.05, 0) is 6.07 Å². The number of hydrazone groups is 1. The van der Waals surface area contributed by atoms with E-state index in [2.05, 4.69) is 5.10 Å². The number of para-hydroxylation sites is 1. The Hall–Kier alpha value is -2.96. The maximum Gasteiger partial charge on any atom is 0.336 e. The van der Waals surface area contributed by atoms with Crippen LogP contribution in [0, 0.1) is 5.92 Å². The second kappa shape index (κ2) is 4.52. The van der Waals surface area contributed by atoms with Gasteiger partial charge in [-0.3, -0.25) is 19.5 Å². The maximum absolute atomic E-state index is 12.4. The Kier molecular flexibility index (Phi) is 2.69. The van der Waals surface area contributed by atoms with Gasteiger partial charge in [0, 0.05) is 31.1 Å². The molecule has 0 aliphatic carbocycles. The SMILES string of the molecule is CN1C(=O)[C@H]2C(c3cc(=O)oc4ccccc34)=NN(C)[C@H]2C1=O. The molecule has 2 aromatic rings. The summed E-state index contributed by atoms with van der Waals surface area (Å²) in [6, 6.07) is 7.75. The van der Waals surface area contributed by atoms with Gasteiger partial charge in [0.15, 0.2) is 0 Å². The molecule has 0 unspecified atom stereocenters. The van der Waals surface area contributed by atoms with E-state index in [1.54, 1.807) is 25.2 Å². The van der Waals surface area contributed by atoms with Gasteiger partial charge in [0.05, 0.1) is 5.71 Å². The number of hydrogen-bond donors (Lipinski definition) is 0. The summed E-state index contributed by atoms with van der Waals surface area (Å²) in [6.45, 7) is 0. The Labute approximate surface area is 130 Å². The van der Waals surface area contributed by atoms with Crippen molar-refractivity contribution in [2.45, 2.75) is 6.04 Å². The summed E-state index contributed by atoms with van der Waals surface area (Å²) >= 11 is 0. The second-order valence-corrected chi connectivity index (χ2v) is 5.69. The number of likely N-dealkylation sites (N-methyl/N-ethyl adjacent to an activating group) is 2. The Morgan fingerprint density at radius 3 is 2.61 bits per heavy atom. The average Bonchev–Trinajstić information content (AvgIpc) is 2.98. The van der Waals surface area contributed by atoms with E-state index in [9.17, 15) is 14.4 Å². The number of benzene rings is 1. The first-order valence-electron chi connectivity index (χ1n) is 7.15. The van der Waals surface area contributed by atoms with Gasteiger partial charge in [0.25, 0.3) is 5.91 Å². The number of likely N-dealkylation sites (tertiary alicyclic amines) is 1. The van der Waals surface area contributed by atoms with Crippen LogP contribution in [0.5, 0.6) is 0 Å². The van der Waals surface area contributed by atoms with Crippen molar-refractivity contribution in [1.29, 1.82) is 0 Å². The lowest BCUT2D eigenvalue weighted by Gasteiger charge is -2.14. The minimum absolute atomic E-state index is 0.284. The molecular formula is C16H13N3O4. The first kappa shape index (κ1) is 13.7. The number of amides is 2. The first-order valence-corrected chi connectivity index (χ1v) is 7.15. The molecule has 116 valence electrons. The van der Waals surface area contributed by atoms with Crippen molar-refractivity contribution in [3.8, 4) is 0 Å². The monoisotopic (exact) mass is 311 g/mol. The molecule has 1 aromatic carbocycles. The Morgan fingerprint density at radius 1 is 1.09 bits per heavy atom. The zero-order valence-corrected chi connectivity index (χ0v) is 12.5. The molecule has 2 aliphatic heterocycles. The fourth-order valence-electron chi connectivity index (χ4n) is 3.27. The van der Waals surface area contributed by atoms with Gasteiger partial charge in [0.2, 0.25) is 5.91 Å². The second-order valence-electron chi connectivity index (χ2n) is 5.69. The molecule has 1 aromatic heterocycles. The molecule has 3 heterocycles. The largest absolute Gasteiger partial charge is 0.423 e. The summed E-state index contributed by atoms with van der Waals surface area (Å²) < 4.78 is 5.18. The molecule has 2 aliphatic rings. The molecule has 1 saturated heterocycles. The van der Waals surface area contributed by atoms with Gasteiger partial charge < -0.3 is 4.42 Å². The van der Waals surface area contributed by atoms with Crippen molar-refractivity contribution in [2.24, 2.45) is 11.0 Å². The van der Waals surface area contributed by atoms with Gasteiger partial charge >= 0.3 is 5.63 Å². The van der Waals surface area contributed by atoms with Crippen molar-refractivity contribution in [3.63, 3.8) is 0 Å². The van der Waals surface area contributed by atoms with E-state index in [1.165, 1.54) is 18.1 Å². The smallest absolute Gasteiger partial charge is 0.336 e. The van der Waals surface area contributed by atoms with E-state index in [0.717, 1.165) is 4.90 Å². The van der Waals surface area contributed by atoms with E-state index in [4.69, 9.17) is 4.42 Å². The maximum atomic E-state index is 12.4. The summed E-state index contributed by atoms with van der Waals surface area (Å²) in [6.07, 6.45) is 0. The average molecular weight is 311 g/mol. The number of imide groups is 1. The van der Waals surface area contributed by atoms with Crippen molar-refractivity contribution in [3.05, 3.63) is 46.3 Å². The lowest BCUT2D eigenvalue weighted by Crippen LogP contribution is -2.35. The van der Waals surface area contributed by atoms with Crippen molar-refractivity contribution in [2.75, 3.05) is 14.1 Å². The summed E-state index contributed by atoms with van der Waals surface area (Å²) in [5.74, 6) is -1.28. The van der Waals surface area contributed by atoms with Gasteiger partial charge in [-0.25, -0.2) is 4.79 Å². The highest BCUT2D eigenvalue weighted by Gasteiger charge is 2.54. The number of hydrogen-bond acceptors (Lipinski definition) is 6. The van der Waals surface area contributed by atoms with Crippen LogP contribution in [-0.2, 0) is 9.59 Å². The molecular weight excluding hydrogens is 298 g/mol. The van der Waals surface area contributed by atoms with Crippen molar-refractivity contribution < 1.29 is 14.0 Å². The quantitative estimate of drug-likeness (QED) is 0.563. The zero-order valence-electron chi connectivity index (χ0n) is 12.5. The van der Waals surface area contributed by atoms with Crippen LogP contribution in [0.4, 0.5) is 0 Å². The number of fused-ring (bicyclic) bond motifs is 2. The molecule has 2 atom stereocenters. The molecule has 2 amide bonds. The van der Waals surface area contributed by atoms with Crippen LogP contribution in [0.1, 0.15) is 5.56 Å². The molecule has 1 fully saturated rings. The summed E-state index contributed by atoms with van der Waals surface area (Å²) in [7, 11) is 3.12. The first-order chi connectivity index (χ1) is 11.0. The molecule has 23 heavy (non-hydrogen) atoms. The lowest BCUT2D eigenvalue weighted by molar-refractivity contribution is -0.138. The zero-order chi connectivity index (χ0) is 16.3. The van der Waals surface area contributed by atoms with Gasteiger partial charge in [-0.2, -0.15) is 5.10 Å². The number of carbonyl (C=O) groups is 2. The fourth-order valence-corrected chi connectivity index (χ4v) is 3.27. The van der Waals surface area contributed by atoms with Crippen LogP contribution < -0.4 is 5.63 Å². The number of carbonyl (C=O) groups excluding carboxylic acids is 2. The molecule has 4 rings (SSSR count). The van der Waals surface area contributed by atoms with Gasteiger partial charge in [-0.1, -0.05) is 18.2 Å². The van der Waals surface area contributed by atoms with Crippen LogP contribution >= 0.6 is 0 Å². The molecule has 7 nitrogen and oxygen atoms in total. The van der Waals surface area contributed by atoms with Crippen LogP contribution in [0.15, 0.2) is 44.6 Å². The Balaban J connectivity index is 1.96. The standard InChI is InChI=1S/C16H13N3O4/c1-18-15(21)12-13(17-19(2)14(12)16(18)22)9-7-11(20)23-10-6-4-3-5-8(9)10/h3-7,12,14H,1-2H3/t12-,14+/m0/s1. The fraction of sp³-hybridized carbons (Fsp3) is 0.250. The normalized spacial score (nSPS) is 23.7. The third kappa shape index (κ3) is 1.76. The highest BCUT2D eigenvalue weighted by atomic mass is 16.4. The Morgan fingerprint density at radius 2 is 1.83 bits per heavy atom. The van der Waals surface area contributed by atoms with Gasteiger partial charge in [0.1, 0.15) is 17.5 Å². The Bertz CT molecular complexity index is 946. The van der Waals surface area contributed by atoms with Crippen molar-refractivity contribution >= 4 is 28.5 Å². The minimum atomic E-state index is -0.692. The minimum Gasteiger partial charge on any atom is -0.423 e. The third-order valence-corrected chi connectivity index (χ3v) is 4.38. The highest BCUT2D eigenvalue weighted by molar-refractivity contribution is 6.26. The van der Waals surface area contributed by atoms with E-state index in [1.807, 2.05) is 6.07 Å². The van der Waals surface area contributed by atoms with E-state index in [0.29, 0.717) is 22.2 Å². The van der Waals surface area contributed by atoms with Gasteiger partial charge in [-0.15, -0.1) is 0 Å². The predicted octanol–water partition coefficient (Wildman–Crippen LogP) is 0.426. The predicted molar refractivity (Wildman–Crippen MR) is 81.8 cm³/mol. The topological polar surface area (TPSA) is 83.2 Å². The van der Waals surface area contributed by atoms with Crippen LogP contribution in [-0.4, -0.2) is 47.6 Å². The number of rotatable bonds is 1. The summed E-state index contributed by atoms with van der Waals surface area (Å²) in [5, 5.41) is 6.55. The van der Waals surface area contributed by atoms with E-state index < -0.39 is 17.6 Å². The molecule has 7 heteroatoms. The third-order valence-electron chi connectivity index (χ3n) is 4.38. The van der Waals surface area contributed by atoms with Crippen LogP contribution in [0.3, 0.4) is 0 Å². The highest BCUT2D eigenvalue weighted by Crippen LogP contribution is 2.34. The molecule has 0 saturated carbocycles. The summed E-state index contributed by atoms with van der Waals surface area (Å²) in [5.41, 5.74) is 0.878. The van der Waals surface area contributed by atoms with Crippen LogP contribution in [0.25, 0.3) is 11.0 Å². The molecule has 0 bridgehead atoms. The summed E-state index contributed by atoms with van der Waals surface area (Å²) in [4.78, 5) is 37.6. The van der Waals surface area contributed by atoms with E-state index in [-0.39, 0.29) is 11.8 Å². The van der Waals surface area contributed by atoms with Crippen molar-refractivity contribution in [1.82, 2.24) is 9.91 Å². The van der Waals surface area contributed by atoms with E-state index >= 15 is 0 Å².